The Bertz CT molecular complexity index is 2030. The summed E-state index contributed by atoms with van der Waals surface area (Å²) < 4.78 is 1.62. The van der Waals surface area contributed by atoms with Crippen molar-refractivity contribution in [2.45, 2.75) is 39.5 Å². The van der Waals surface area contributed by atoms with Gasteiger partial charge in [-0.25, -0.2) is 14.5 Å². The molecule has 222 valence electrons. The highest BCUT2D eigenvalue weighted by Gasteiger charge is 2.21. The molecule has 0 saturated carbocycles. The number of benzene rings is 2. The maximum atomic E-state index is 9.88. The first kappa shape index (κ1) is 28.4. The van der Waals surface area contributed by atoms with Crippen molar-refractivity contribution in [1.29, 1.82) is 0 Å². The van der Waals surface area contributed by atoms with E-state index in [0.717, 1.165) is 69.5 Å². The van der Waals surface area contributed by atoms with Gasteiger partial charge >= 0.3 is 0 Å². The summed E-state index contributed by atoms with van der Waals surface area (Å²) in [5.74, 6) is 1.27. The minimum Gasteiger partial charge on any atom is -0.392 e. The molecule has 10 heteroatoms. The zero-order valence-corrected chi connectivity index (χ0v) is 25.3. The molecule has 1 atom stereocenters. The fourth-order valence-electron chi connectivity index (χ4n) is 6.06. The van der Waals surface area contributed by atoms with Crippen molar-refractivity contribution in [2.75, 3.05) is 18.4 Å². The van der Waals surface area contributed by atoms with Crippen molar-refractivity contribution in [2.24, 2.45) is 0 Å². The average molecular weight is 606 g/mol. The van der Waals surface area contributed by atoms with Gasteiger partial charge in [0, 0.05) is 54.9 Å². The second-order valence-corrected chi connectivity index (χ2v) is 11.8. The number of aromatic nitrogens is 5. The van der Waals surface area contributed by atoms with Crippen molar-refractivity contribution in [3.05, 3.63) is 100 Å². The lowest BCUT2D eigenvalue weighted by molar-refractivity contribution is 0.175. The van der Waals surface area contributed by atoms with E-state index in [4.69, 9.17) is 21.6 Å². The lowest BCUT2D eigenvalue weighted by Crippen LogP contribution is -2.21. The van der Waals surface area contributed by atoms with Crippen LogP contribution in [-0.4, -0.2) is 58.9 Å². The molecule has 5 heterocycles. The number of β-amino-alcohol motifs (C(OH)–C–C–N with tert-alkyl or cyclic N) is 1. The van der Waals surface area contributed by atoms with E-state index >= 15 is 0 Å². The Kier molecular flexibility index (Phi) is 7.47. The van der Waals surface area contributed by atoms with E-state index in [1.54, 1.807) is 23.0 Å². The molecular weight excluding hydrogens is 574 g/mol. The van der Waals surface area contributed by atoms with Crippen LogP contribution in [0.15, 0.2) is 73.2 Å². The third-order valence-corrected chi connectivity index (χ3v) is 8.67. The first-order chi connectivity index (χ1) is 21.4. The fraction of sp³-hybridized carbons (Fsp3) is 0.235. The molecule has 0 radical (unpaired) electrons. The number of nitrogens with zero attached hydrogens (tertiary/aromatic N) is 6. The summed E-state index contributed by atoms with van der Waals surface area (Å²) in [5, 5.41) is 29.1. The first-order valence-corrected chi connectivity index (χ1v) is 15.0. The molecule has 0 bridgehead atoms. The summed E-state index contributed by atoms with van der Waals surface area (Å²) in [7, 11) is 0. The molecule has 1 aliphatic heterocycles. The Morgan fingerprint density at radius 1 is 0.977 bits per heavy atom. The predicted octanol–water partition coefficient (Wildman–Crippen LogP) is 6.08. The summed E-state index contributed by atoms with van der Waals surface area (Å²) in [6, 6.07) is 18.2. The molecule has 0 aliphatic carbocycles. The summed E-state index contributed by atoms with van der Waals surface area (Å²) in [6.45, 7) is 6.42. The van der Waals surface area contributed by atoms with Crippen molar-refractivity contribution in [3.8, 4) is 22.5 Å². The quantitative estimate of drug-likeness (QED) is 0.201. The minimum absolute atomic E-state index is 0.126. The highest BCUT2D eigenvalue weighted by atomic mass is 35.5. The van der Waals surface area contributed by atoms with Gasteiger partial charge in [-0.05, 0) is 77.9 Å². The SMILES string of the molecule is Cc1c(Nc2nccc3cc(CN4CCC(O)C4)cnc23)cccc1-c1cccc(-c2nc3c(Cl)cc(CO)cn3n2)c1C. The van der Waals surface area contributed by atoms with E-state index in [1.807, 2.05) is 30.5 Å². The lowest BCUT2D eigenvalue weighted by Gasteiger charge is -2.17. The van der Waals surface area contributed by atoms with Gasteiger partial charge in [0.05, 0.1) is 17.7 Å². The van der Waals surface area contributed by atoms with Crippen LogP contribution < -0.4 is 5.32 Å². The first-order valence-electron chi connectivity index (χ1n) is 14.6. The number of aliphatic hydroxyl groups excluding tert-OH is 2. The van der Waals surface area contributed by atoms with Gasteiger partial charge in [0.15, 0.2) is 17.3 Å². The standard InChI is InChI=1S/C34H32ClN7O2/c1-20-26(5-3-7-28(20)32-39-34-29(35)14-23(19-43)17-42(34)40-32)27-6-4-8-30(21(27)2)38-33-31-24(9-11-36-33)13-22(15-37-31)16-41-12-10-25(44)18-41/h3-9,11,13-15,17,25,43-44H,10,12,16,18-19H2,1-2H3,(H,36,38). The van der Waals surface area contributed by atoms with Crippen LogP contribution >= 0.6 is 11.6 Å². The minimum atomic E-state index is -0.240. The van der Waals surface area contributed by atoms with Gasteiger partial charge in [-0.2, -0.15) is 0 Å². The Morgan fingerprint density at radius 3 is 2.57 bits per heavy atom. The fourth-order valence-corrected chi connectivity index (χ4v) is 6.32. The lowest BCUT2D eigenvalue weighted by atomic mass is 9.92. The number of halogens is 1. The molecule has 2 aromatic carbocycles. The number of nitrogens with one attached hydrogen (secondary N) is 1. The third-order valence-electron chi connectivity index (χ3n) is 8.39. The number of hydrogen-bond acceptors (Lipinski definition) is 8. The van der Waals surface area contributed by atoms with Crippen LogP contribution in [0.5, 0.6) is 0 Å². The zero-order chi connectivity index (χ0) is 30.4. The van der Waals surface area contributed by atoms with Gasteiger partial charge < -0.3 is 15.5 Å². The maximum absolute atomic E-state index is 9.88. The van der Waals surface area contributed by atoms with Crippen LogP contribution in [0.2, 0.25) is 5.02 Å². The molecule has 3 N–H and O–H groups in total. The molecule has 6 aromatic rings. The van der Waals surface area contributed by atoms with Crippen LogP contribution in [0.4, 0.5) is 11.5 Å². The molecule has 1 fully saturated rings. The number of aliphatic hydroxyl groups is 2. The van der Waals surface area contributed by atoms with Gasteiger partial charge in [0.25, 0.3) is 0 Å². The van der Waals surface area contributed by atoms with Crippen molar-refractivity contribution in [1.82, 2.24) is 29.5 Å². The number of pyridine rings is 3. The summed E-state index contributed by atoms with van der Waals surface area (Å²) in [4.78, 5) is 16.4. The number of rotatable bonds is 7. The Labute approximate surface area is 259 Å². The highest BCUT2D eigenvalue weighted by molar-refractivity contribution is 6.33. The number of likely N-dealkylation sites (tertiary alicyclic amines) is 1. The second-order valence-electron chi connectivity index (χ2n) is 11.4. The number of fused-ring (bicyclic) bond motifs is 2. The van der Waals surface area contributed by atoms with Crippen LogP contribution in [-0.2, 0) is 13.2 Å². The normalized spacial score (nSPS) is 15.4. The van der Waals surface area contributed by atoms with Gasteiger partial charge in [-0.1, -0.05) is 41.9 Å². The Balaban J connectivity index is 1.20. The zero-order valence-electron chi connectivity index (χ0n) is 24.5. The van der Waals surface area contributed by atoms with E-state index in [2.05, 4.69) is 58.4 Å². The third kappa shape index (κ3) is 5.28. The van der Waals surface area contributed by atoms with E-state index in [1.165, 1.54) is 0 Å². The van der Waals surface area contributed by atoms with E-state index < -0.39 is 0 Å². The average Bonchev–Trinajstić information content (AvgIpc) is 3.64. The molecule has 44 heavy (non-hydrogen) atoms. The highest BCUT2D eigenvalue weighted by Crippen LogP contribution is 2.36. The number of hydrogen-bond donors (Lipinski definition) is 3. The van der Waals surface area contributed by atoms with E-state index in [-0.39, 0.29) is 12.7 Å². The van der Waals surface area contributed by atoms with Crippen molar-refractivity contribution < 1.29 is 10.2 Å². The molecule has 4 aromatic heterocycles. The smallest absolute Gasteiger partial charge is 0.182 e. The molecular formula is C34H32ClN7O2. The molecule has 9 nitrogen and oxygen atoms in total. The molecule has 0 spiro atoms. The van der Waals surface area contributed by atoms with Crippen molar-refractivity contribution in [3.63, 3.8) is 0 Å². The van der Waals surface area contributed by atoms with Crippen LogP contribution in [0.25, 0.3) is 39.1 Å². The summed E-state index contributed by atoms with van der Waals surface area (Å²) >= 11 is 6.44. The topological polar surface area (TPSA) is 112 Å². The van der Waals surface area contributed by atoms with E-state index in [0.29, 0.717) is 34.4 Å². The van der Waals surface area contributed by atoms with Gasteiger partial charge in [0.2, 0.25) is 0 Å². The molecule has 1 unspecified atom stereocenters. The second kappa shape index (κ2) is 11.6. The Hall–Kier alpha value is -4.41. The van der Waals surface area contributed by atoms with Crippen molar-refractivity contribution >= 4 is 39.7 Å². The Morgan fingerprint density at radius 2 is 1.77 bits per heavy atom. The van der Waals surface area contributed by atoms with Gasteiger partial charge in [0.1, 0.15) is 5.52 Å². The van der Waals surface area contributed by atoms with Gasteiger partial charge in [-0.15, -0.1) is 5.10 Å². The molecule has 1 aliphatic rings. The van der Waals surface area contributed by atoms with Crippen LogP contribution in [0, 0.1) is 13.8 Å². The molecule has 0 amide bonds. The molecule has 7 rings (SSSR count). The molecule has 1 saturated heterocycles. The van der Waals surface area contributed by atoms with Crippen LogP contribution in [0.1, 0.15) is 28.7 Å². The predicted molar refractivity (Wildman–Crippen MR) is 173 cm³/mol. The summed E-state index contributed by atoms with van der Waals surface area (Å²) in [6.07, 6.45) is 6.03. The van der Waals surface area contributed by atoms with E-state index in [9.17, 15) is 10.2 Å². The summed E-state index contributed by atoms with van der Waals surface area (Å²) in [5.41, 5.74) is 9.28. The van der Waals surface area contributed by atoms with Crippen LogP contribution in [0.3, 0.4) is 0 Å². The monoisotopic (exact) mass is 605 g/mol. The largest absolute Gasteiger partial charge is 0.392 e. The van der Waals surface area contributed by atoms with Gasteiger partial charge in [-0.3, -0.25) is 9.88 Å². The number of anilines is 2. The maximum Gasteiger partial charge on any atom is 0.182 e.